The number of fused-ring (bicyclic) bond motifs is 1. The molecule has 0 radical (unpaired) electrons. The second-order valence-corrected chi connectivity index (χ2v) is 8.34. The Hall–Kier alpha value is -1.95. The summed E-state index contributed by atoms with van der Waals surface area (Å²) in [4.78, 5) is 20.9. The highest BCUT2D eigenvalue weighted by molar-refractivity contribution is 7.19. The van der Waals surface area contributed by atoms with E-state index >= 15 is 0 Å². The quantitative estimate of drug-likeness (QED) is 0.600. The van der Waals surface area contributed by atoms with Crippen molar-refractivity contribution < 1.29 is 9.53 Å². The molecule has 1 aliphatic rings. The molecule has 0 spiro atoms. The molecule has 1 amide bonds. The van der Waals surface area contributed by atoms with Crippen molar-refractivity contribution in [3.8, 4) is 10.6 Å². The number of carbonyl (C=O) groups excluding carboxylic acids is 1. The zero-order chi connectivity index (χ0) is 18.8. The fourth-order valence-corrected chi connectivity index (χ4v) is 4.57. The van der Waals surface area contributed by atoms with Gasteiger partial charge in [-0.25, -0.2) is 4.98 Å². The number of pyridine rings is 1. The second-order valence-electron chi connectivity index (χ2n) is 6.62. The molecule has 4 nitrogen and oxygen atoms in total. The van der Waals surface area contributed by atoms with E-state index in [2.05, 4.69) is 0 Å². The zero-order valence-electron chi connectivity index (χ0n) is 15.2. The summed E-state index contributed by atoms with van der Waals surface area (Å²) in [6, 6.07) is 13.5. The highest BCUT2D eigenvalue weighted by atomic mass is 35.5. The first kappa shape index (κ1) is 18.4. The molecule has 1 fully saturated rings. The summed E-state index contributed by atoms with van der Waals surface area (Å²) < 4.78 is 6.42. The third-order valence-corrected chi connectivity index (χ3v) is 6.16. The first-order chi connectivity index (χ1) is 13.2. The predicted octanol–water partition coefficient (Wildman–Crippen LogP) is 5.26. The van der Waals surface area contributed by atoms with Crippen LogP contribution in [0.2, 0.25) is 4.34 Å². The molecule has 0 aliphatic carbocycles. The number of ether oxygens (including phenoxy) is 1. The molecule has 0 N–H and O–H groups in total. The average molecular weight is 401 g/mol. The van der Waals surface area contributed by atoms with Crippen molar-refractivity contribution in [1.29, 1.82) is 0 Å². The van der Waals surface area contributed by atoms with Crippen LogP contribution in [-0.2, 0) is 4.74 Å². The van der Waals surface area contributed by atoms with Crippen LogP contribution < -0.4 is 0 Å². The van der Waals surface area contributed by atoms with E-state index in [1.807, 2.05) is 54.3 Å². The lowest BCUT2D eigenvalue weighted by atomic mass is 10.0. The van der Waals surface area contributed by atoms with Crippen LogP contribution in [0, 0.1) is 0 Å². The van der Waals surface area contributed by atoms with Gasteiger partial charge >= 0.3 is 0 Å². The van der Waals surface area contributed by atoms with E-state index in [0.717, 1.165) is 54.0 Å². The second kappa shape index (κ2) is 7.97. The highest BCUT2D eigenvalue weighted by Crippen LogP contribution is 2.33. The number of nitrogens with zero attached hydrogens (tertiary/aromatic N) is 2. The van der Waals surface area contributed by atoms with Crippen molar-refractivity contribution in [2.24, 2.45) is 0 Å². The number of para-hydroxylation sites is 1. The number of hydrogen-bond donors (Lipinski definition) is 0. The Morgan fingerprint density at radius 3 is 2.74 bits per heavy atom. The molecule has 0 saturated carbocycles. The standard InChI is InChI=1S/C21H21ClN2O2S/c1-2-26-14-9-11-24(12-10-14)21(25)16-13-18(19-7-8-20(22)27-19)23-17-6-4-3-5-15(16)17/h3-8,13-14H,2,9-12H2,1H3. The number of benzene rings is 1. The van der Waals surface area contributed by atoms with Crippen molar-refractivity contribution in [1.82, 2.24) is 9.88 Å². The van der Waals surface area contributed by atoms with E-state index in [9.17, 15) is 4.79 Å². The molecule has 2 aromatic heterocycles. The van der Waals surface area contributed by atoms with Crippen LogP contribution in [0.3, 0.4) is 0 Å². The van der Waals surface area contributed by atoms with Gasteiger partial charge in [0.25, 0.3) is 5.91 Å². The number of likely N-dealkylation sites (tertiary alicyclic amines) is 1. The first-order valence-electron chi connectivity index (χ1n) is 9.22. The van der Waals surface area contributed by atoms with Gasteiger partial charge in [0.2, 0.25) is 0 Å². The molecule has 140 valence electrons. The number of rotatable bonds is 4. The third-order valence-electron chi connectivity index (χ3n) is 4.90. The van der Waals surface area contributed by atoms with Gasteiger partial charge in [0, 0.05) is 25.1 Å². The SMILES string of the molecule is CCOC1CCN(C(=O)c2cc(-c3ccc(Cl)s3)nc3ccccc23)CC1. The Kier molecular flexibility index (Phi) is 5.43. The minimum absolute atomic E-state index is 0.0625. The summed E-state index contributed by atoms with van der Waals surface area (Å²) in [6.45, 7) is 4.18. The van der Waals surface area contributed by atoms with E-state index in [4.69, 9.17) is 21.3 Å². The number of aromatic nitrogens is 1. The highest BCUT2D eigenvalue weighted by Gasteiger charge is 2.25. The summed E-state index contributed by atoms with van der Waals surface area (Å²) in [7, 11) is 0. The van der Waals surface area contributed by atoms with E-state index < -0.39 is 0 Å². The number of carbonyl (C=O) groups is 1. The van der Waals surface area contributed by atoms with Gasteiger partial charge in [-0.15, -0.1) is 11.3 Å². The fourth-order valence-electron chi connectivity index (χ4n) is 3.56. The van der Waals surface area contributed by atoms with Crippen LogP contribution in [-0.4, -0.2) is 41.6 Å². The summed E-state index contributed by atoms with van der Waals surface area (Å²) in [6.07, 6.45) is 2.03. The van der Waals surface area contributed by atoms with Gasteiger partial charge in [-0.1, -0.05) is 29.8 Å². The van der Waals surface area contributed by atoms with Gasteiger partial charge in [0.1, 0.15) is 0 Å². The smallest absolute Gasteiger partial charge is 0.254 e. The molecule has 1 aliphatic heterocycles. The number of hydrogen-bond acceptors (Lipinski definition) is 4. The van der Waals surface area contributed by atoms with Crippen LogP contribution in [0.4, 0.5) is 0 Å². The van der Waals surface area contributed by atoms with Gasteiger partial charge < -0.3 is 9.64 Å². The van der Waals surface area contributed by atoms with Gasteiger partial charge in [-0.05, 0) is 44.0 Å². The van der Waals surface area contributed by atoms with Gasteiger partial charge in [-0.3, -0.25) is 4.79 Å². The molecule has 3 heterocycles. The molecule has 0 atom stereocenters. The molecule has 6 heteroatoms. The van der Waals surface area contributed by atoms with Crippen molar-refractivity contribution in [2.45, 2.75) is 25.9 Å². The Labute approximate surface area is 167 Å². The predicted molar refractivity (Wildman–Crippen MR) is 111 cm³/mol. The van der Waals surface area contributed by atoms with Gasteiger partial charge in [-0.2, -0.15) is 0 Å². The number of piperidine rings is 1. The first-order valence-corrected chi connectivity index (χ1v) is 10.4. The van der Waals surface area contributed by atoms with Crippen molar-refractivity contribution in [3.63, 3.8) is 0 Å². The van der Waals surface area contributed by atoms with Crippen molar-refractivity contribution in [3.05, 3.63) is 52.4 Å². The minimum Gasteiger partial charge on any atom is -0.378 e. The molecule has 27 heavy (non-hydrogen) atoms. The number of halogens is 1. The Bertz CT molecular complexity index is 964. The lowest BCUT2D eigenvalue weighted by Crippen LogP contribution is -2.41. The Morgan fingerprint density at radius 2 is 2.04 bits per heavy atom. The summed E-state index contributed by atoms with van der Waals surface area (Å²) in [5.41, 5.74) is 2.32. The van der Waals surface area contributed by atoms with E-state index in [-0.39, 0.29) is 12.0 Å². The van der Waals surface area contributed by atoms with E-state index in [1.165, 1.54) is 11.3 Å². The van der Waals surface area contributed by atoms with Gasteiger partial charge in [0.15, 0.2) is 0 Å². The van der Waals surface area contributed by atoms with Crippen LogP contribution in [0.5, 0.6) is 0 Å². The maximum Gasteiger partial charge on any atom is 0.254 e. The van der Waals surface area contributed by atoms with Gasteiger partial charge in [0.05, 0.1) is 32.1 Å². The molecule has 4 rings (SSSR count). The molecule has 1 aromatic carbocycles. The van der Waals surface area contributed by atoms with Crippen LogP contribution in [0.25, 0.3) is 21.5 Å². The maximum atomic E-state index is 13.3. The number of thiophene rings is 1. The van der Waals surface area contributed by atoms with Crippen LogP contribution in [0.1, 0.15) is 30.1 Å². The minimum atomic E-state index is 0.0625. The van der Waals surface area contributed by atoms with E-state index in [1.54, 1.807) is 0 Å². The Balaban J connectivity index is 1.69. The normalized spacial score (nSPS) is 15.4. The lowest BCUT2D eigenvalue weighted by molar-refractivity contribution is 0.0146. The van der Waals surface area contributed by atoms with Crippen molar-refractivity contribution in [2.75, 3.05) is 19.7 Å². The fraction of sp³-hybridized carbons (Fsp3) is 0.333. The lowest BCUT2D eigenvalue weighted by Gasteiger charge is -2.32. The Morgan fingerprint density at radius 1 is 1.26 bits per heavy atom. The summed E-state index contributed by atoms with van der Waals surface area (Å²) in [5.74, 6) is 0.0625. The maximum absolute atomic E-state index is 13.3. The largest absolute Gasteiger partial charge is 0.378 e. The summed E-state index contributed by atoms with van der Waals surface area (Å²) in [5, 5.41) is 0.890. The average Bonchev–Trinajstić information content (AvgIpc) is 3.14. The molecule has 0 bridgehead atoms. The monoisotopic (exact) mass is 400 g/mol. The summed E-state index contributed by atoms with van der Waals surface area (Å²) >= 11 is 7.57. The topological polar surface area (TPSA) is 42.4 Å². The van der Waals surface area contributed by atoms with E-state index in [0.29, 0.717) is 9.90 Å². The van der Waals surface area contributed by atoms with Crippen LogP contribution >= 0.6 is 22.9 Å². The number of amides is 1. The molecular formula is C21H21ClN2O2S. The zero-order valence-corrected chi connectivity index (χ0v) is 16.7. The molecule has 0 unspecified atom stereocenters. The van der Waals surface area contributed by atoms with Crippen molar-refractivity contribution >= 4 is 39.7 Å². The third kappa shape index (κ3) is 3.86. The van der Waals surface area contributed by atoms with Crippen LogP contribution in [0.15, 0.2) is 42.5 Å². The molecular weight excluding hydrogens is 380 g/mol. The molecule has 3 aromatic rings. The molecule has 1 saturated heterocycles.